The molecule has 6 heteroatoms. The van der Waals surface area contributed by atoms with Crippen LogP contribution in [0, 0.1) is 0 Å². The van der Waals surface area contributed by atoms with Crippen LogP contribution in [0.15, 0.2) is 58.3 Å². The molecule has 0 saturated heterocycles. The number of hydrogen-bond donors (Lipinski definition) is 0. The van der Waals surface area contributed by atoms with Gasteiger partial charge in [-0.2, -0.15) is 0 Å². The van der Waals surface area contributed by atoms with E-state index in [0.29, 0.717) is 0 Å². The molecule has 0 saturated carbocycles. The van der Waals surface area contributed by atoms with Crippen LogP contribution >= 0.6 is 0 Å². The summed E-state index contributed by atoms with van der Waals surface area (Å²) in [4.78, 5) is -0.744. The second-order valence-electron chi connectivity index (χ2n) is 3.40. The number of para-hydroxylation sites is 2. The molecule has 0 aliphatic rings. The Morgan fingerprint density at radius 1 is 0.722 bits per heavy atom. The Morgan fingerprint density at radius 3 is 1.39 bits per heavy atom. The Morgan fingerprint density at radius 2 is 1.06 bits per heavy atom. The van der Waals surface area contributed by atoms with Gasteiger partial charge in [0.1, 0.15) is 0 Å². The second-order valence-corrected chi connectivity index (χ2v) is 5.28. The Hall–Kier alpha value is -1.39. The fourth-order valence-corrected chi connectivity index (χ4v) is 2.88. The van der Waals surface area contributed by atoms with Gasteiger partial charge in [0.15, 0.2) is 0 Å². The monoisotopic (exact) mass is 312 g/mol. The van der Waals surface area contributed by atoms with Crippen LogP contribution in [0.2, 0.25) is 0 Å². The summed E-state index contributed by atoms with van der Waals surface area (Å²) >= 11 is 0. The van der Waals surface area contributed by atoms with E-state index in [-0.39, 0.29) is 29.3 Å². The fourth-order valence-electron chi connectivity index (χ4n) is 1.46. The molecule has 0 spiro atoms. The summed E-state index contributed by atoms with van der Waals surface area (Å²) in [5, 5.41) is 22.9. The zero-order valence-corrected chi connectivity index (χ0v) is 13.2. The number of sulfone groups is 1. The van der Waals surface area contributed by atoms with Crippen molar-refractivity contribution < 1.29 is 38.1 Å². The van der Waals surface area contributed by atoms with Crippen molar-refractivity contribution in [2.45, 2.75) is 9.79 Å². The van der Waals surface area contributed by atoms with Gasteiger partial charge in [-0.25, -0.2) is 8.42 Å². The van der Waals surface area contributed by atoms with Crippen molar-refractivity contribution in [3.63, 3.8) is 0 Å². The van der Waals surface area contributed by atoms with E-state index in [1.54, 1.807) is 0 Å². The molecular formula is C12H8O4SZn. The summed E-state index contributed by atoms with van der Waals surface area (Å²) in [6.07, 6.45) is 0. The SMILES string of the molecule is O=S(=O)(c1ccccc1[O-])c1ccccc1[O-].[Zn+2]. The maximum atomic E-state index is 12.1. The maximum Gasteiger partial charge on any atom is 2.00 e. The molecule has 0 bridgehead atoms. The van der Waals surface area contributed by atoms with E-state index in [4.69, 9.17) is 0 Å². The van der Waals surface area contributed by atoms with Crippen LogP contribution in [0.1, 0.15) is 0 Å². The van der Waals surface area contributed by atoms with Gasteiger partial charge < -0.3 is 10.2 Å². The molecule has 0 atom stereocenters. The predicted molar refractivity (Wildman–Crippen MR) is 57.2 cm³/mol. The first-order chi connectivity index (χ1) is 8.03. The summed E-state index contributed by atoms with van der Waals surface area (Å²) in [6.45, 7) is 0. The topological polar surface area (TPSA) is 80.3 Å². The molecule has 0 heterocycles. The van der Waals surface area contributed by atoms with Gasteiger partial charge >= 0.3 is 19.5 Å². The van der Waals surface area contributed by atoms with E-state index in [1.165, 1.54) is 36.4 Å². The van der Waals surface area contributed by atoms with Gasteiger partial charge in [0, 0.05) is 0 Å². The molecule has 4 nitrogen and oxygen atoms in total. The standard InChI is InChI=1S/C12H10O4S.Zn/c13-9-5-1-3-7-11(9)17(15,16)12-8-4-2-6-10(12)14;/h1-8,13-14H;/q;+2/p-2. The molecule has 2 aromatic carbocycles. The van der Waals surface area contributed by atoms with Crippen LogP contribution in [0.5, 0.6) is 11.5 Å². The van der Waals surface area contributed by atoms with Gasteiger partial charge in [0.25, 0.3) is 0 Å². The molecule has 0 N–H and O–H groups in total. The molecule has 0 fully saturated rings. The number of rotatable bonds is 2. The Balaban J connectivity index is 0.00000162. The molecule has 2 rings (SSSR count). The van der Waals surface area contributed by atoms with Crippen molar-refractivity contribution in [3.8, 4) is 11.5 Å². The van der Waals surface area contributed by atoms with Crippen molar-refractivity contribution >= 4 is 9.84 Å². The van der Waals surface area contributed by atoms with Crippen LogP contribution in [0.25, 0.3) is 0 Å². The van der Waals surface area contributed by atoms with Gasteiger partial charge in [-0.15, -0.1) is 0 Å². The van der Waals surface area contributed by atoms with Crippen molar-refractivity contribution in [2.75, 3.05) is 0 Å². The van der Waals surface area contributed by atoms with Crippen LogP contribution in [-0.2, 0) is 29.3 Å². The van der Waals surface area contributed by atoms with E-state index >= 15 is 0 Å². The largest absolute Gasteiger partial charge is 2.00 e. The van der Waals surface area contributed by atoms with Gasteiger partial charge in [0.05, 0.1) is 9.79 Å². The van der Waals surface area contributed by atoms with Crippen molar-refractivity contribution in [1.82, 2.24) is 0 Å². The minimum absolute atomic E-state index is 0. The Kier molecular flexibility index (Phi) is 4.49. The van der Waals surface area contributed by atoms with Gasteiger partial charge in [-0.3, -0.25) is 0 Å². The summed E-state index contributed by atoms with van der Waals surface area (Å²) in [6, 6.07) is 10.5. The third kappa shape index (κ3) is 2.55. The van der Waals surface area contributed by atoms with Crippen LogP contribution in [-0.4, -0.2) is 8.42 Å². The van der Waals surface area contributed by atoms with Crippen molar-refractivity contribution in [2.24, 2.45) is 0 Å². The summed E-state index contributed by atoms with van der Waals surface area (Å²) < 4.78 is 24.2. The molecular weight excluding hydrogens is 306 g/mol. The maximum absolute atomic E-state index is 12.1. The molecule has 0 aromatic heterocycles. The first-order valence-electron chi connectivity index (χ1n) is 4.80. The first-order valence-corrected chi connectivity index (χ1v) is 6.29. The summed E-state index contributed by atoms with van der Waals surface area (Å²) in [7, 11) is -4.03. The molecule has 0 aliphatic heterocycles. The molecule has 18 heavy (non-hydrogen) atoms. The van der Waals surface area contributed by atoms with E-state index < -0.39 is 21.3 Å². The van der Waals surface area contributed by atoms with E-state index in [0.717, 1.165) is 12.1 Å². The minimum atomic E-state index is -4.03. The van der Waals surface area contributed by atoms with Crippen molar-refractivity contribution in [3.05, 3.63) is 48.5 Å². The van der Waals surface area contributed by atoms with E-state index in [9.17, 15) is 18.6 Å². The first kappa shape index (κ1) is 14.7. The van der Waals surface area contributed by atoms with E-state index in [1.807, 2.05) is 0 Å². The predicted octanol–water partition coefficient (Wildman–Crippen LogP) is 0.664. The molecule has 0 amide bonds. The molecule has 0 unspecified atom stereocenters. The van der Waals surface area contributed by atoms with Gasteiger partial charge in [-0.05, 0) is 12.1 Å². The zero-order valence-electron chi connectivity index (χ0n) is 9.37. The summed E-state index contributed by atoms with van der Waals surface area (Å²) in [5.74, 6) is -1.23. The van der Waals surface area contributed by atoms with Gasteiger partial charge in [-0.1, -0.05) is 47.9 Å². The average molecular weight is 314 g/mol. The zero-order chi connectivity index (χ0) is 12.5. The third-order valence-electron chi connectivity index (χ3n) is 2.28. The van der Waals surface area contributed by atoms with Crippen LogP contribution in [0.4, 0.5) is 0 Å². The normalized spacial score (nSPS) is 10.7. The minimum Gasteiger partial charge on any atom is -0.872 e. The average Bonchev–Trinajstić information content (AvgIpc) is 2.29. The molecule has 0 aliphatic carbocycles. The van der Waals surface area contributed by atoms with Gasteiger partial charge in [0.2, 0.25) is 9.84 Å². The number of benzene rings is 2. The third-order valence-corrected chi connectivity index (χ3v) is 4.11. The number of hydrogen-bond acceptors (Lipinski definition) is 4. The fraction of sp³-hybridized carbons (Fsp3) is 0. The van der Waals surface area contributed by atoms with Crippen LogP contribution < -0.4 is 10.2 Å². The Labute approximate surface area is 118 Å². The van der Waals surface area contributed by atoms with Crippen LogP contribution in [0.3, 0.4) is 0 Å². The van der Waals surface area contributed by atoms with Crippen molar-refractivity contribution in [1.29, 1.82) is 0 Å². The molecule has 88 valence electrons. The summed E-state index contributed by atoms with van der Waals surface area (Å²) in [5.41, 5.74) is 0. The molecule has 0 radical (unpaired) electrons. The van der Waals surface area contributed by atoms with E-state index in [2.05, 4.69) is 0 Å². The quantitative estimate of drug-likeness (QED) is 0.763. The molecule has 2 aromatic rings. The second kappa shape index (κ2) is 5.50. The Bertz CT molecular complexity index is 601. The smallest absolute Gasteiger partial charge is 0.872 e.